The molecule has 0 radical (unpaired) electrons. The smallest absolute Gasteiger partial charge is 0.417 e. The molecule has 1 aliphatic heterocycles. The third-order valence-electron chi connectivity index (χ3n) is 7.97. The quantitative estimate of drug-likeness (QED) is 0.262. The van der Waals surface area contributed by atoms with Gasteiger partial charge in [-0.25, -0.2) is 34.2 Å². The van der Waals surface area contributed by atoms with Crippen molar-refractivity contribution in [3.8, 4) is 0 Å². The molecule has 0 aliphatic carbocycles. The molecule has 0 fully saturated rings. The Hall–Kier alpha value is -4.50. The van der Waals surface area contributed by atoms with Gasteiger partial charge in [0.15, 0.2) is 6.10 Å². The summed E-state index contributed by atoms with van der Waals surface area (Å²) in [5.41, 5.74) is 1.65. The van der Waals surface area contributed by atoms with E-state index >= 15 is 0 Å². The number of hydrogen-bond acceptors (Lipinski definition) is 11. The highest BCUT2D eigenvalue weighted by Gasteiger charge is 2.35. The van der Waals surface area contributed by atoms with Crippen LogP contribution < -0.4 is 16.0 Å². The number of alkyl carbamates (subject to hydrolysis) is 4. The summed E-state index contributed by atoms with van der Waals surface area (Å²) >= 11 is 0. The molecule has 5 amide bonds. The lowest BCUT2D eigenvalue weighted by Gasteiger charge is -2.32. The predicted octanol–water partition coefficient (Wildman–Crippen LogP) is 5.65. The van der Waals surface area contributed by atoms with Crippen LogP contribution in [0.5, 0.6) is 0 Å². The van der Waals surface area contributed by atoms with Gasteiger partial charge in [-0.3, -0.25) is 4.79 Å². The Balaban J connectivity index is 2.71. The van der Waals surface area contributed by atoms with Gasteiger partial charge >= 0.3 is 24.4 Å². The van der Waals surface area contributed by atoms with Crippen LogP contribution >= 0.6 is 0 Å². The maximum Gasteiger partial charge on any atom is 0.417 e. The highest BCUT2D eigenvalue weighted by molar-refractivity contribution is 6.03. The Morgan fingerprint density at radius 1 is 0.796 bits per heavy atom. The highest BCUT2D eigenvalue weighted by Crippen LogP contribution is 2.28. The topological polar surface area (TPSA) is 177 Å². The summed E-state index contributed by atoms with van der Waals surface area (Å²) in [5, 5.41) is 6.56. The van der Waals surface area contributed by atoms with Crippen LogP contribution in [0.15, 0.2) is 41.5 Å². The Morgan fingerprint density at radius 2 is 1.41 bits per heavy atom. The second kappa shape index (κ2) is 19.5. The number of methoxy groups -OCH3 is 4. The summed E-state index contributed by atoms with van der Waals surface area (Å²) in [6.45, 7) is 8.80. The lowest BCUT2D eigenvalue weighted by molar-refractivity contribution is -0.112. The minimum Gasteiger partial charge on any atom is -0.453 e. The van der Waals surface area contributed by atoms with Crippen LogP contribution in [-0.2, 0) is 39.6 Å². The first-order valence-corrected chi connectivity index (χ1v) is 15.7. The van der Waals surface area contributed by atoms with E-state index in [-0.39, 0.29) is 29.5 Å². The second-order valence-electron chi connectivity index (χ2n) is 12.2. The molecule has 2 bridgehead atoms. The van der Waals surface area contributed by atoms with Crippen LogP contribution in [0, 0.1) is 23.6 Å². The first-order valence-electron chi connectivity index (χ1n) is 15.7. The van der Waals surface area contributed by atoms with Crippen LogP contribution in [0.25, 0.3) is 0 Å². The van der Waals surface area contributed by atoms with E-state index in [1.807, 2.05) is 24.5 Å². The largest absolute Gasteiger partial charge is 0.453 e. The Bertz CT molecular complexity index is 1400. The number of allylic oxidation sites excluding steroid dienone is 1. The first-order chi connectivity index (χ1) is 23.1. The van der Waals surface area contributed by atoms with Gasteiger partial charge in [0.1, 0.15) is 11.9 Å². The maximum atomic E-state index is 14.7. The number of carbonyl (C=O) groups excluding carboxylic acids is 5. The number of nitrogens with one attached hydrogen (secondary N) is 3. The number of amides is 5. The molecule has 49 heavy (non-hydrogen) atoms. The molecule has 7 atom stereocenters. The van der Waals surface area contributed by atoms with Crippen molar-refractivity contribution in [2.24, 2.45) is 17.8 Å². The molecule has 0 saturated heterocycles. The van der Waals surface area contributed by atoms with Crippen molar-refractivity contribution in [1.82, 2.24) is 10.6 Å². The first kappa shape index (κ1) is 40.7. The average molecular weight is 694 g/mol. The summed E-state index contributed by atoms with van der Waals surface area (Å²) in [7, 11) is 5.22. The number of fused-ring (bicyclic) bond motifs is 2. The molecule has 15 heteroatoms. The lowest BCUT2D eigenvalue weighted by Crippen LogP contribution is -2.44. The third-order valence-corrected chi connectivity index (χ3v) is 7.97. The number of hydrogen-bond donors (Lipinski definition) is 3. The van der Waals surface area contributed by atoms with Crippen molar-refractivity contribution < 1.29 is 56.8 Å². The lowest BCUT2D eigenvalue weighted by atomic mass is 9.87. The zero-order chi connectivity index (χ0) is 36.8. The van der Waals surface area contributed by atoms with Crippen molar-refractivity contribution in [2.75, 3.05) is 33.8 Å². The van der Waals surface area contributed by atoms with Gasteiger partial charge in [-0.1, -0.05) is 32.9 Å². The maximum absolute atomic E-state index is 14.7. The van der Waals surface area contributed by atoms with Crippen LogP contribution in [0.1, 0.15) is 53.0 Å². The molecule has 3 N–H and O–H groups in total. The molecular formula is C34H48FN3O11. The van der Waals surface area contributed by atoms with Gasteiger partial charge in [-0.05, 0) is 74.3 Å². The highest BCUT2D eigenvalue weighted by atomic mass is 19.1. The standard InChI is InChI=1S/C34H48FN3O11/c1-18-10-22(5)30(39)36-25-16-23(15-24(35)17-25)11-19(2)12-26(44-6)28(45-7)20(3)14-21(4)29(49-34(43)38-32(41)47-9)27(13-18)48-33(42)37-31(40)46-8/h10,14-20,26-29H,11-13H2,1-9H3,(H,36,39)(H,37,40,42)(H,38,41,43)/b21-14+,22-10+/t18-,19+,20-,26-,27-,28+,29-/m0/s1. The Kier molecular flexibility index (Phi) is 16.2. The molecule has 14 nitrogen and oxygen atoms in total. The number of rotatable bonds is 4. The minimum absolute atomic E-state index is 0.000930. The van der Waals surface area contributed by atoms with E-state index in [0.717, 1.165) is 14.2 Å². The minimum atomic E-state index is -1.32. The van der Waals surface area contributed by atoms with Crippen LogP contribution in [-0.4, -0.2) is 83.1 Å². The van der Waals surface area contributed by atoms with Crippen molar-refractivity contribution in [2.45, 2.75) is 78.3 Å². The fourth-order valence-electron chi connectivity index (χ4n) is 5.84. The van der Waals surface area contributed by atoms with E-state index in [0.29, 0.717) is 24.0 Å². The number of halogens is 1. The number of ether oxygens (including phenoxy) is 6. The van der Waals surface area contributed by atoms with Gasteiger partial charge in [-0.2, -0.15) is 0 Å². The summed E-state index contributed by atoms with van der Waals surface area (Å²) in [5.74, 6) is -1.87. The summed E-state index contributed by atoms with van der Waals surface area (Å²) in [6.07, 6.45) is -3.76. The van der Waals surface area contributed by atoms with E-state index in [2.05, 4.69) is 14.8 Å². The molecule has 0 spiro atoms. The molecule has 0 aromatic heterocycles. The van der Waals surface area contributed by atoms with E-state index in [1.165, 1.54) is 19.2 Å². The summed E-state index contributed by atoms with van der Waals surface area (Å²) in [4.78, 5) is 62.4. The molecule has 1 aromatic rings. The van der Waals surface area contributed by atoms with Crippen LogP contribution in [0.3, 0.4) is 0 Å². The van der Waals surface area contributed by atoms with Gasteiger partial charge in [0, 0.05) is 31.4 Å². The van der Waals surface area contributed by atoms with Gasteiger partial charge in [0.25, 0.3) is 5.91 Å². The van der Waals surface area contributed by atoms with Gasteiger partial charge in [-0.15, -0.1) is 0 Å². The van der Waals surface area contributed by atoms with Gasteiger partial charge in [0.05, 0.1) is 26.4 Å². The van der Waals surface area contributed by atoms with Crippen molar-refractivity contribution in [3.63, 3.8) is 0 Å². The zero-order valence-electron chi connectivity index (χ0n) is 29.4. The van der Waals surface area contributed by atoms with Crippen LogP contribution in [0.4, 0.5) is 29.3 Å². The van der Waals surface area contributed by atoms with Crippen LogP contribution in [0.2, 0.25) is 0 Å². The average Bonchev–Trinajstić information content (AvgIpc) is 3.01. The van der Waals surface area contributed by atoms with E-state index in [4.69, 9.17) is 18.9 Å². The van der Waals surface area contributed by atoms with Crippen molar-refractivity contribution >= 4 is 36.0 Å². The SMILES string of the molecule is COC(=O)NC(=O)O[C@H]1C[C@@H](C)/C=C(\C)C(=O)Nc2cc(F)cc(c2)C[C@@H](C)C[C@H](OC)[C@H](OC)[C@@H](C)/C=C(\C)[C@@H]1OC(=O)NC(=O)OC. The molecule has 0 unspecified atom stereocenters. The summed E-state index contributed by atoms with van der Waals surface area (Å²) < 4.78 is 46.7. The number of benzene rings is 1. The molecule has 0 saturated carbocycles. The van der Waals surface area contributed by atoms with Crippen molar-refractivity contribution in [1.29, 1.82) is 0 Å². The monoisotopic (exact) mass is 693 g/mol. The van der Waals surface area contributed by atoms with E-state index < -0.39 is 66.4 Å². The van der Waals surface area contributed by atoms with Gasteiger partial charge < -0.3 is 33.7 Å². The van der Waals surface area contributed by atoms with E-state index in [1.54, 1.807) is 46.1 Å². The number of anilines is 1. The Morgan fingerprint density at radius 3 is 1.98 bits per heavy atom. The summed E-state index contributed by atoms with van der Waals surface area (Å²) in [6, 6.07) is 4.37. The molecular weight excluding hydrogens is 645 g/mol. The molecule has 2 rings (SSSR count). The fraction of sp³-hybridized carbons (Fsp3) is 0.559. The third kappa shape index (κ3) is 13.1. The Labute approximate surface area is 286 Å². The van der Waals surface area contributed by atoms with Crippen molar-refractivity contribution in [3.05, 3.63) is 52.9 Å². The molecule has 1 aliphatic rings. The number of carbonyl (C=O) groups is 5. The predicted molar refractivity (Wildman–Crippen MR) is 176 cm³/mol. The normalized spacial score (nSPS) is 27.6. The van der Waals surface area contributed by atoms with Gasteiger partial charge in [0.2, 0.25) is 0 Å². The van der Waals surface area contributed by atoms with E-state index in [9.17, 15) is 28.4 Å². The zero-order valence-corrected chi connectivity index (χ0v) is 29.4. The number of imide groups is 2. The molecule has 1 aromatic carbocycles. The molecule has 272 valence electrons. The fourth-order valence-corrected chi connectivity index (χ4v) is 5.84. The molecule has 1 heterocycles. The second-order valence-corrected chi connectivity index (χ2v) is 12.2.